The molecule has 0 spiro atoms. The molecule has 5 nitrogen and oxygen atoms in total. The third-order valence-electron chi connectivity index (χ3n) is 4.43. The van der Waals surface area contributed by atoms with Gasteiger partial charge in [0, 0.05) is 11.0 Å². The molecule has 0 fully saturated rings. The third kappa shape index (κ3) is 4.57. The molecule has 0 saturated carbocycles. The number of anilines is 1. The van der Waals surface area contributed by atoms with Crippen LogP contribution in [0.15, 0.2) is 30.3 Å². The zero-order chi connectivity index (χ0) is 19.2. The summed E-state index contributed by atoms with van der Waals surface area (Å²) in [6.45, 7) is 2.10. The molecule has 2 aromatic rings. The molecule has 27 heavy (non-hydrogen) atoms. The van der Waals surface area contributed by atoms with Crippen molar-refractivity contribution in [3.63, 3.8) is 0 Å². The number of amides is 1. The zero-order valence-electron chi connectivity index (χ0n) is 15.5. The van der Waals surface area contributed by atoms with Crippen molar-refractivity contribution in [3.8, 4) is 5.75 Å². The average molecular weight is 385 g/mol. The predicted octanol–water partition coefficient (Wildman–Crippen LogP) is 4.46. The standard InChI is InChI=1S/C21H23NO4S/c1-3-26-21(24)19-16-6-4-5-7-17(16)27-20(19)22-18(23)13-10-14-8-11-15(25-2)12-9-14/h8-13H,3-7H2,1-2H3,(H,22,23)/b13-10+. The minimum Gasteiger partial charge on any atom is -0.497 e. The summed E-state index contributed by atoms with van der Waals surface area (Å²) in [4.78, 5) is 26.0. The average Bonchev–Trinajstić information content (AvgIpc) is 3.04. The van der Waals surface area contributed by atoms with E-state index in [1.54, 1.807) is 20.1 Å². The van der Waals surface area contributed by atoms with Gasteiger partial charge in [-0.2, -0.15) is 0 Å². The summed E-state index contributed by atoms with van der Waals surface area (Å²) >= 11 is 1.49. The highest BCUT2D eigenvalue weighted by atomic mass is 32.1. The molecule has 0 bridgehead atoms. The lowest BCUT2D eigenvalue weighted by atomic mass is 9.95. The zero-order valence-corrected chi connectivity index (χ0v) is 16.4. The Kier molecular flexibility index (Phi) is 6.29. The van der Waals surface area contributed by atoms with Gasteiger partial charge < -0.3 is 14.8 Å². The minimum absolute atomic E-state index is 0.269. The number of hydrogen-bond acceptors (Lipinski definition) is 5. The predicted molar refractivity (Wildman–Crippen MR) is 108 cm³/mol. The first kappa shape index (κ1) is 19.2. The van der Waals surface area contributed by atoms with E-state index in [0.29, 0.717) is 17.2 Å². The Labute approximate surface area is 163 Å². The molecule has 0 aliphatic heterocycles. The van der Waals surface area contributed by atoms with Crippen molar-refractivity contribution in [1.29, 1.82) is 0 Å². The number of carbonyl (C=O) groups excluding carboxylic acids is 2. The van der Waals surface area contributed by atoms with Gasteiger partial charge in [-0.15, -0.1) is 11.3 Å². The van der Waals surface area contributed by atoms with Crippen molar-refractivity contribution in [3.05, 3.63) is 51.9 Å². The second-order valence-corrected chi connectivity index (χ2v) is 7.34. The number of carbonyl (C=O) groups is 2. The monoisotopic (exact) mass is 385 g/mol. The maximum Gasteiger partial charge on any atom is 0.341 e. The van der Waals surface area contributed by atoms with Crippen LogP contribution in [-0.2, 0) is 22.4 Å². The number of esters is 1. The number of ether oxygens (including phenoxy) is 2. The third-order valence-corrected chi connectivity index (χ3v) is 5.64. The first-order valence-electron chi connectivity index (χ1n) is 9.07. The van der Waals surface area contributed by atoms with Crippen molar-refractivity contribution in [1.82, 2.24) is 0 Å². The number of methoxy groups -OCH3 is 1. The van der Waals surface area contributed by atoms with Crippen LogP contribution in [0.2, 0.25) is 0 Å². The Balaban J connectivity index is 1.77. The fourth-order valence-electron chi connectivity index (χ4n) is 3.11. The normalized spacial score (nSPS) is 13.3. The lowest BCUT2D eigenvalue weighted by Gasteiger charge is -2.12. The van der Waals surface area contributed by atoms with Crippen LogP contribution in [0.25, 0.3) is 6.08 Å². The molecule has 1 aromatic carbocycles. The summed E-state index contributed by atoms with van der Waals surface area (Å²) in [5.74, 6) is 0.140. The highest BCUT2D eigenvalue weighted by Crippen LogP contribution is 2.38. The number of benzene rings is 1. The van der Waals surface area contributed by atoms with Gasteiger partial charge in [-0.1, -0.05) is 12.1 Å². The number of nitrogens with one attached hydrogen (secondary N) is 1. The molecule has 142 valence electrons. The van der Waals surface area contributed by atoms with Crippen molar-refractivity contribution >= 4 is 34.3 Å². The van der Waals surface area contributed by atoms with Gasteiger partial charge in [0.25, 0.3) is 0 Å². The largest absolute Gasteiger partial charge is 0.497 e. The summed E-state index contributed by atoms with van der Waals surface area (Å²) in [5, 5.41) is 3.45. The topological polar surface area (TPSA) is 64.6 Å². The van der Waals surface area contributed by atoms with Crippen molar-refractivity contribution in [2.75, 3.05) is 19.0 Å². The summed E-state index contributed by atoms with van der Waals surface area (Å²) in [6.07, 6.45) is 7.17. The quantitative estimate of drug-likeness (QED) is 0.589. The molecular weight excluding hydrogens is 362 g/mol. The van der Waals surface area contributed by atoms with Crippen LogP contribution in [0.3, 0.4) is 0 Å². The van der Waals surface area contributed by atoms with Crippen LogP contribution in [0.5, 0.6) is 5.75 Å². The molecule has 1 aromatic heterocycles. The number of hydrogen-bond donors (Lipinski definition) is 1. The van der Waals surface area contributed by atoms with Gasteiger partial charge in [-0.25, -0.2) is 4.79 Å². The molecule has 0 saturated heterocycles. The Morgan fingerprint density at radius 1 is 1.19 bits per heavy atom. The van der Waals surface area contributed by atoms with Gasteiger partial charge in [0.05, 0.1) is 19.3 Å². The lowest BCUT2D eigenvalue weighted by molar-refractivity contribution is -0.111. The Morgan fingerprint density at radius 2 is 1.93 bits per heavy atom. The fourth-order valence-corrected chi connectivity index (χ4v) is 4.39. The van der Waals surface area contributed by atoms with Gasteiger partial charge >= 0.3 is 5.97 Å². The Hall–Kier alpha value is -2.60. The molecule has 1 amide bonds. The molecule has 1 aliphatic carbocycles. The van der Waals surface area contributed by atoms with E-state index < -0.39 is 0 Å². The SMILES string of the molecule is CCOC(=O)c1c(NC(=O)/C=C/c2ccc(OC)cc2)sc2c1CCCC2. The fraction of sp³-hybridized carbons (Fsp3) is 0.333. The second kappa shape index (κ2) is 8.86. The van der Waals surface area contributed by atoms with Gasteiger partial charge in [0.15, 0.2) is 0 Å². The highest BCUT2D eigenvalue weighted by molar-refractivity contribution is 7.17. The van der Waals surface area contributed by atoms with E-state index in [4.69, 9.17) is 9.47 Å². The first-order chi connectivity index (χ1) is 13.1. The molecule has 3 rings (SSSR count). The Morgan fingerprint density at radius 3 is 2.63 bits per heavy atom. The number of aryl methyl sites for hydroxylation is 1. The van der Waals surface area contributed by atoms with Crippen LogP contribution >= 0.6 is 11.3 Å². The van der Waals surface area contributed by atoms with Gasteiger partial charge in [0.1, 0.15) is 10.8 Å². The van der Waals surface area contributed by atoms with Gasteiger partial charge in [0.2, 0.25) is 5.91 Å². The van der Waals surface area contributed by atoms with E-state index in [2.05, 4.69) is 5.32 Å². The van der Waals surface area contributed by atoms with E-state index in [1.807, 2.05) is 24.3 Å². The maximum absolute atomic E-state index is 12.4. The van der Waals surface area contributed by atoms with Gasteiger partial charge in [-0.05, 0) is 61.9 Å². The lowest BCUT2D eigenvalue weighted by Crippen LogP contribution is -2.14. The van der Waals surface area contributed by atoms with Crippen molar-refractivity contribution in [2.24, 2.45) is 0 Å². The van der Waals surface area contributed by atoms with E-state index in [-0.39, 0.29) is 11.9 Å². The van der Waals surface area contributed by atoms with Crippen LogP contribution in [-0.4, -0.2) is 25.6 Å². The molecule has 0 atom stereocenters. The summed E-state index contributed by atoms with van der Waals surface area (Å²) in [6, 6.07) is 7.42. The second-order valence-electron chi connectivity index (χ2n) is 6.23. The number of thiophene rings is 1. The number of rotatable bonds is 6. The van der Waals surface area contributed by atoms with E-state index in [9.17, 15) is 9.59 Å². The molecule has 1 aliphatic rings. The molecular formula is C21H23NO4S. The molecule has 6 heteroatoms. The number of fused-ring (bicyclic) bond motifs is 1. The first-order valence-corrected chi connectivity index (χ1v) is 9.88. The smallest absolute Gasteiger partial charge is 0.341 e. The van der Waals surface area contributed by atoms with E-state index >= 15 is 0 Å². The van der Waals surface area contributed by atoms with Crippen LogP contribution in [0.1, 0.15) is 46.1 Å². The van der Waals surface area contributed by atoms with E-state index in [1.165, 1.54) is 22.3 Å². The summed E-state index contributed by atoms with van der Waals surface area (Å²) in [5.41, 5.74) is 2.46. The Bertz CT molecular complexity index is 852. The van der Waals surface area contributed by atoms with E-state index in [0.717, 1.165) is 42.6 Å². The summed E-state index contributed by atoms with van der Waals surface area (Å²) < 4.78 is 10.3. The van der Waals surface area contributed by atoms with Crippen LogP contribution in [0.4, 0.5) is 5.00 Å². The van der Waals surface area contributed by atoms with Crippen molar-refractivity contribution in [2.45, 2.75) is 32.6 Å². The highest BCUT2D eigenvalue weighted by Gasteiger charge is 2.26. The minimum atomic E-state index is -0.355. The molecule has 1 N–H and O–H groups in total. The molecule has 0 radical (unpaired) electrons. The van der Waals surface area contributed by atoms with Crippen molar-refractivity contribution < 1.29 is 19.1 Å². The molecule has 0 unspecified atom stereocenters. The van der Waals surface area contributed by atoms with Gasteiger partial charge in [-0.3, -0.25) is 4.79 Å². The van der Waals surface area contributed by atoms with Crippen LogP contribution < -0.4 is 10.1 Å². The molecule has 1 heterocycles. The van der Waals surface area contributed by atoms with Crippen LogP contribution in [0, 0.1) is 0 Å². The maximum atomic E-state index is 12.4. The summed E-state index contributed by atoms with van der Waals surface area (Å²) in [7, 11) is 1.61.